The lowest BCUT2D eigenvalue weighted by atomic mass is 9.70. The molecule has 0 aromatic heterocycles. The molecule has 3 fully saturated rings. The Bertz CT molecular complexity index is 1120. The lowest BCUT2D eigenvalue weighted by Gasteiger charge is -2.39. The zero-order valence-corrected chi connectivity index (χ0v) is 23.9. The second-order valence-electron chi connectivity index (χ2n) is 10.8. The number of likely N-dealkylation sites (tertiary alicyclic amines) is 1. The Morgan fingerprint density at radius 2 is 1.97 bits per heavy atom. The first kappa shape index (κ1) is 29.3. The van der Waals surface area contributed by atoms with Gasteiger partial charge in [-0.3, -0.25) is 14.4 Å². The molecule has 1 spiro atoms. The van der Waals surface area contributed by atoms with E-state index in [0.29, 0.717) is 43.1 Å². The number of carbonyl (C=O) groups excluding carboxylic acids is 3. The molecule has 3 aliphatic heterocycles. The number of para-hydroxylation sites is 1. The molecular formula is C30H40ClN3O5. The monoisotopic (exact) mass is 557 g/mol. The van der Waals surface area contributed by atoms with Crippen LogP contribution in [0.2, 0.25) is 5.02 Å². The smallest absolute Gasteiger partial charge is 0.253 e. The third-order valence-electron chi connectivity index (χ3n) is 8.52. The lowest BCUT2D eigenvalue weighted by molar-refractivity contribution is -0.147. The van der Waals surface area contributed by atoms with Crippen molar-refractivity contribution < 1.29 is 24.2 Å². The second-order valence-corrected chi connectivity index (χ2v) is 11.2. The molecule has 9 heteroatoms. The average Bonchev–Trinajstić information content (AvgIpc) is 3.56. The fourth-order valence-electron chi connectivity index (χ4n) is 6.92. The number of hydrogen-bond donors (Lipinski definition) is 1. The quantitative estimate of drug-likeness (QED) is 0.395. The Labute approximate surface area is 236 Å². The largest absolute Gasteiger partial charge is 0.394 e. The zero-order chi connectivity index (χ0) is 28.5. The minimum Gasteiger partial charge on any atom is -0.394 e. The first-order valence-electron chi connectivity index (χ1n) is 13.9. The van der Waals surface area contributed by atoms with Crippen molar-refractivity contribution in [3.63, 3.8) is 0 Å². The van der Waals surface area contributed by atoms with E-state index in [4.69, 9.17) is 16.3 Å². The topological polar surface area (TPSA) is 90.4 Å². The average molecular weight is 558 g/mol. The van der Waals surface area contributed by atoms with Gasteiger partial charge in [0, 0.05) is 19.6 Å². The Hall–Kier alpha value is -2.68. The number of rotatable bonds is 12. The van der Waals surface area contributed by atoms with E-state index in [2.05, 4.69) is 13.2 Å². The zero-order valence-electron chi connectivity index (χ0n) is 23.1. The van der Waals surface area contributed by atoms with Crippen molar-refractivity contribution in [1.82, 2.24) is 9.80 Å². The molecule has 1 N–H and O–H groups in total. The number of benzene rings is 1. The molecule has 3 amide bonds. The van der Waals surface area contributed by atoms with E-state index >= 15 is 0 Å². The molecule has 1 aromatic carbocycles. The fourth-order valence-corrected chi connectivity index (χ4v) is 7.24. The Balaban J connectivity index is 1.83. The van der Waals surface area contributed by atoms with Crippen LogP contribution < -0.4 is 4.90 Å². The van der Waals surface area contributed by atoms with Crippen molar-refractivity contribution in [2.24, 2.45) is 11.8 Å². The van der Waals surface area contributed by atoms with Gasteiger partial charge in [-0.2, -0.15) is 0 Å². The van der Waals surface area contributed by atoms with Crippen molar-refractivity contribution in [1.29, 1.82) is 0 Å². The third kappa shape index (κ3) is 4.70. The summed E-state index contributed by atoms with van der Waals surface area (Å²) in [4.78, 5) is 47.6. The summed E-state index contributed by atoms with van der Waals surface area (Å²) in [7, 11) is 0. The van der Waals surface area contributed by atoms with E-state index in [0.717, 1.165) is 12.0 Å². The van der Waals surface area contributed by atoms with Gasteiger partial charge in [0.1, 0.15) is 11.6 Å². The minimum atomic E-state index is -1.16. The number of fused-ring (bicyclic) bond motifs is 1. The van der Waals surface area contributed by atoms with Gasteiger partial charge in [0.2, 0.25) is 11.8 Å². The van der Waals surface area contributed by atoms with Crippen LogP contribution >= 0.6 is 11.6 Å². The highest BCUT2D eigenvalue weighted by Gasteiger charge is 2.75. The Morgan fingerprint density at radius 3 is 2.56 bits per heavy atom. The maximum atomic E-state index is 14.6. The predicted octanol–water partition coefficient (Wildman–Crippen LogP) is 3.74. The summed E-state index contributed by atoms with van der Waals surface area (Å²) in [5.41, 5.74) is 0.192. The van der Waals surface area contributed by atoms with Gasteiger partial charge in [-0.15, -0.1) is 13.2 Å². The number of nitrogens with zero attached hydrogens (tertiary/aromatic N) is 3. The molecule has 3 saturated heterocycles. The number of aryl methyl sites for hydroxylation is 1. The summed E-state index contributed by atoms with van der Waals surface area (Å²) in [6.07, 6.45) is 5.13. The molecule has 212 valence electrons. The molecule has 2 bridgehead atoms. The van der Waals surface area contributed by atoms with Crippen molar-refractivity contribution in [2.45, 2.75) is 70.2 Å². The summed E-state index contributed by atoms with van der Waals surface area (Å²) in [6, 6.07) is 3.81. The van der Waals surface area contributed by atoms with E-state index in [9.17, 15) is 19.5 Å². The number of ether oxygens (including phenoxy) is 1. The maximum Gasteiger partial charge on any atom is 0.253 e. The van der Waals surface area contributed by atoms with Gasteiger partial charge < -0.3 is 24.5 Å². The van der Waals surface area contributed by atoms with Gasteiger partial charge in [-0.1, -0.05) is 49.7 Å². The lowest BCUT2D eigenvalue weighted by Crippen LogP contribution is -2.59. The van der Waals surface area contributed by atoms with Crippen LogP contribution in [0.15, 0.2) is 43.5 Å². The van der Waals surface area contributed by atoms with Gasteiger partial charge in [0.15, 0.2) is 0 Å². The Kier molecular flexibility index (Phi) is 8.88. The molecular weight excluding hydrogens is 518 g/mol. The molecule has 2 unspecified atom stereocenters. The molecule has 3 aliphatic rings. The van der Waals surface area contributed by atoms with Gasteiger partial charge >= 0.3 is 0 Å². The van der Waals surface area contributed by atoms with Gasteiger partial charge in [0.25, 0.3) is 5.91 Å². The van der Waals surface area contributed by atoms with E-state index in [1.807, 2.05) is 32.9 Å². The van der Waals surface area contributed by atoms with Gasteiger partial charge in [-0.05, 0) is 44.2 Å². The van der Waals surface area contributed by atoms with Crippen molar-refractivity contribution in [3.05, 3.63) is 54.1 Å². The van der Waals surface area contributed by atoms with Crippen LogP contribution in [0.5, 0.6) is 0 Å². The van der Waals surface area contributed by atoms with Crippen LogP contribution in [0.4, 0.5) is 5.69 Å². The molecule has 1 aromatic rings. The number of carbonyl (C=O) groups is 3. The number of aliphatic hydroxyl groups is 1. The van der Waals surface area contributed by atoms with Crippen molar-refractivity contribution in [3.8, 4) is 0 Å². The first-order valence-corrected chi connectivity index (χ1v) is 14.3. The molecule has 6 atom stereocenters. The van der Waals surface area contributed by atoms with Crippen molar-refractivity contribution in [2.75, 3.05) is 31.1 Å². The molecule has 3 heterocycles. The number of hydrogen-bond acceptors (Lipinski definition) is 5. The van der Waals surface area contributed by atoms with E-state index in [1.165, 1.54) is 4.90 Å². The first-order chi connectivity index (χ1) is 18.7. The van der Waals surface area contributed by atoms with Crippen LogP contribution in [-0.2, 0) is 19.1 Å². The molecule has 0 radical (unpaired) electrons. The van der Waals surface area contributed by atoms with Crippen LogP contribution in [0.25, 0.3) is 0 Å². The van der Waals surface area contributed by atoms with Crippen LogP contribution in [-0.4, -0.2) is 82.7 Å². The SMILES string of the molecule is C=CCN(CCC)C(=O)[C@@H]1[C@@H]2CCC3(O2)C(C(=O)N(CC=C)c2c(C)cccc2Cl)N([C@@H](CC)CO)C(=O)[C@H]13. The molecule has 4 rings (SSSR count). The summed E-state index contributed by atoms with van der Waals surface area (Å²) in [6.45, 7) is 14.2. The van der Waals surface area contributed by atoms with Crippen LogP contribution in [0, 0.1) is 18.8 Å². The van der Waals surface area contributed by atoms with Crippen LogP contribution in [0.1, 0.15) is 45.1 Å². The maximum absolute atomic E-state index is 14.6. The number of amides is 3. The predicted molar refractivity (Wildman–Crippen MR) is 151 cm³/mol. The van der Waals surface area contributed by atoms with E-state index < -0.39 is 35.6 Å². The molecule has 8 nitrogen and oxygen atoms in total. The second kappa shape index (κ2) is 11.8. The highest BCUT2D eigenvalue weighted by atomic mass is 35.5. The standard InChI is InChI=1S/C30H40ClN3O5/c1-6-15-32(16-7-2)27(36)23-22-13-14-30(39-22)24(23)28(37)34(20(9-4)18-35)26(30)29(38)33(17-8-3)25-19(5)11-10-12-21(25)31/h6,8,10-12,20,22-24,26,35H,1,3,7,9,13-18H2,2,4-5H3/t20-,22-,23+,24-,26?,30?/m0/s1. The summed E-state index contributed by atoms with van der Waals surface area (Å²) in [5, 5.41) is 10.7. The summed E-state index contributed by atoms with van der Waals surface area (Å²) in [5.74, 6) is -2.29. The highest BCUT2D eigenvalue weighted by molar-refractivity contribution is 6.34. The summed E-state index contributed by atoms with van der Waals surface area (Å²) < 4.78 is 6.60. The molecule has 0 saturated carbocycles. The molecule has 0 aliphatic carbocycles. The number of halogens is 1. The number of aliphatic hydroxyl groups excluding tert-OH is 1. The summed E-state index contributed by atoms with van der Waals surface area (Å²) >= 11 is 6.60. The van der Waals surface area contributed by atoms with Crippen molar-refractivity contribution >= 4 is 35.0 Å². The third-order valence-corrected chi connectivity index (χ3v) is 8.83. The minimum absolute atomic E-state index is 0.142. The normalized spacial score (nSPS) is 27.8. The van der Waals surface area contributed by atoms with Gasteiger partial charge in [0.05, 0.1) is 41.3 Å². The number of anilines is 1. The van der Waals surface area contributed by atoms with Gasteiger partial charge in [-0.25, -0.2) is 0 Å². The Morgan fingerprint density at radius 1 is 1.26 bits per heavy atom. The van der Waals surface area contributed by atoms with E-state index in [-0.39, 0.29) is 30.9 Å². The van der Waals surface area contributed by atoms with Crippen LogP contribution in [0.3, 0.4) is 0 Å². The molecule has 39 heavy (non-hydrogen) atoms. The highest BCUT2D eigenvalue weighted by Crippen LogP contribution is 2.59. The van der Waals surface area contributed by atoms with E-state index in [1.54, 1.807) is 28.0 Å². The fraction of sp³-hybridized carbons (Fsp3) is 0.567.